The fourth-order valence-corrected chi connectivity index (χ4v) is 3.49. The van der Waals surface area contributed by atoms with Crippen molar-refractivity contribution >= 4 is 38.3 Å². The van der Waals surface area contributed by atoms with Gasteiger partial charge in [-0.3, -0.25) is 4.79 Å². The Balaban J connectivity index is 2.03. The van der Waals surface area contributed by atoms with E-state index in [1.54, 1.807) is 7.11 Å². The molecule has 1 N–H and O–H groups in total. The summed E-state index contributed by atoms with van der Waals surface area (Å²) in [6.45, 7) is 4.99. The van der Waals surface area contributed by atoms with Crippen molar-refractivity contribution in [2.75, 3.05) is 43.6 Å². The molecule has 0 radical (unpaired) electrons. The molecule has 1 aromatic carbocycles. The maximum Gasteiger partial charge on any atom is 0.225 e. The highest BCUT2D eigenvalue weighted by atomic mass is 32.1. The van der Waals surface area contributed by atoms with Gasteiger partial charge in [-0.1, -0.05) is 18.3 Å². The molecule has 2 aromatic rings. The Bertz CT molecular complexity index is 680. The molecule has 3 rings (SSSR count). The molecule has 1 aliphatic heterocycles. The van der Waals surface area contributed by atoms with E-state index in [2.05, 4.69) is 21.3 Å². The number of thiazole rings is 1. The van der Waals surface area contributed by atoms with E-state index in [-0.39, 0.29) is 5.91 Å². The first-order valence-electron chi connectivity index (χ1n) is 7.33. The van der Waals surface area contributed by atoms with Crippen LogP contribution in [0.1, 0.15) is 13.3 Å². The highest BCUT2D eigenvalue weighted by Gasteiger charge is 2.19. The predicted molar refractivity (Wildman–Crippen MR) is 88.1 cm³/mol. The first kappa shape index (κ1) is 15.1. The van der Waals surface area contributed by atoms with E-state index in [4.69, 9.17) is 9.47 Å². The number of hydrogen-bond donors (Lipinski definition) is 1. The van der Waals surface area contributed by atoms with Gasteiger partial charge >= 0.3 is 0 Å². The normalized spacial score (nSPS) is 15.1. The van der Waals surface area contributed by atoms with Crippen LogP contribution in [-0.4, -0.2) is 44.3 Å². The summed E-state index contributed by atoms with van der Waals surface area (Å²) >= 11 is 1.49. The maximum absolute atomic E-state index is 11.6. The Hall–Kier alpha value is -1.86. The van der Waals surface area contributed by atoms with Crippen LogP contribution in [0.25, 0.3) is 10.2 Å². The third-order valence-electron chi connectivity index (χ3n) is 3.62. The number of amides is 1. The third-order valence-corrected chi connectivity index (χ3v) is 4.62. The number of hydrogen-bond acceptors (Lipinski definition) is 6. The number of anilines is 2. The summed E-state index contributed by atoms with van der Waals surface area (Å²) in [5, 5.41) is 3.44. The fraction of sp³-hybridized carbons (Fsp3) is 0.467. The van der Waals surface area contributed by atoms with E-state index in [9.17, 15) is 4.79 Å². The molecule has 1 saturated heterocycles. The summed E-state index contributed by atoms with van der Waals surface area (Å²) in [6, 6.07) is 3.98. The molecular weight excluding hydrogens is 302 g/mol. The Morgan fingerprint density at radius 1 is 1.45 bits per heavy atom. The smallest absolute Gasteiger partial charge is 0.225 e. The number of nitrogens with zero attached hydrogens (tertiary/aromatic N) is 2. The van der Waals surface area contributed by atoms with Crippen molar-refractivity contribution in [2.24, 2.45) is 0 Å². The van der Waals surface area contributed by atoms with Gasteiger partial charge in [-0.2, -0.15) is 0 Å². The van der Waals surface area contributed by atoms with Crippen molar-refractivity contribution in [1.82, 2.24) is 4.98 Å². The average molecular weight is 321 g/mol. The molecule has 0 aliphatic carbocycles. The average Bonchev–Trinajstić information content (AvgIpc) is 2.97. The Morgan fingerprint density at radius 3 is 2.91 bits per heavy atom. The zero-order valence-electron chi connectivity index (χ0n) is 12.7. The van der Waals surface area contributed by atoms with Gasteiger partial charge in [-0.25, -0.2) is 4.98 Å². The molecule has 1 fully saturated rings. The van der Waals surface area contributed by atoms with E-state index in [0.29, 0.717) is 11.6 Å². The Kier molecular flexibility index (Phi) is 4.44. The molecule has 6 nitrogen and oxygen atoms in total. The highest BCUT2D eigenvalue weighted by molar-refractivity contribution is 7.23. The lowest BCUT2D eigenvalue weighted by Gasteiger charge is -2.29. The minimum Gasteiger partial charge on any atom is -0.494 e. The highest BCUT2D eigenvalue weighted by Crippen LogP contribution is 2.39. The first-order chi connectivity index (χ1) is 10.7. The van der Waals surface area contributed by atoms with Gasteiger partial charge in [-0.15, -0.1) is 0 Å². The van der Waals surface area contributed by atoms with Crippen molar-refractivity contribution in [2.45, 2.75) is 13.3 Å². The van der Waals surface area contributed by atoms with Crippen molar-refractivity contribution < 1.29 is 14.3 Å². The van der Waals surface area contributed by atoms with Crippen LogP contribution in [0.15, 0.2) is 12.1 Å². The molecule has 22 heavy (non-hydrogen) atoms. The Morgan fingerprint density at radius 2 is 2.23 bits per heavy atom. The number of fused-ring (bicyclic) bond motifs is 1. The van der Waals surface area contributed by atoms with Crippen LogP contribution in [0.5, 0.6) is 5.75 Å². The number of ether oxygens (including phenoxy) is 2. The van der Waals surface area contributed by atoms with E-state index >= 15 is 0 Å². The van der Waals surface area contributed by atoms with Crippen LogP contribution < -0.4 is 15.0 Å². The van der Waals surface area contributed by atoms with Crippen LogP contribution in [-0.2, 0) is 9.53 Å². The summed E-state index contributed by atoms with van der Waals surface area (Å²) in [5.41, 5.74) is 1.91. The lowest BCUT2D eigenvalue weighted by molar-refractivity contribution is -0.115. The molecule has 1 aromatic heterocycles. The summed E-state index contributed by atoms with van der Waals surface area (Å²) in [5.74, 6) is 0.686. The number of methoxy groups -OCH3 is 1. The maximum atomic E-state index is 11.6. The number of carbonyl (C=O) groups excluding carboxylic acids is 1. The molecule has 2 heterocycles. The standard InChI is InChI=1S/C15H19N3O3S/c1-3-12(19)16-15-17-13-11(20-2)5-4-10(14(13)22-15)18-6-8-21-9-7-18/h4-5H,3,6-9H2,1-2H3,(H,16,17,19). The quantitative estimate of drug-likeness (QED) is 0.937. The van der Waals surface area contributed by atoms with Crippen molar-refractivity contribution in [1.29, 1.82) is 0 Å². The van der Waals surface area contributed by atoms with Crippen LogP contribution in [0.4, 0.5) is 10.8 Å². The van der Waals surface area contributed by atoms with E-state index < -0.39 is 0 Å². The van der Waals surface area contributed by atoms with Gasteiger partial charge in [-0.05, 0) is 12.1 Å². The second-order valence-electron chi connectivity index (χ2n) is 4.98. The van der Waals surface area contributed by atoms with Gasteiger partial charge in [0.2, 0.25) is 5.91 Å². The molecule has 0 spiro atoms. The molecule has 1 amide bonds. The topological polar surface area (TPSA) is 63.7 Å². The van der Waals surface area contributed by atoms with Crippen LogP contribution >= 0.6 is 11.3 Å². The van der Waals surface area contributed by atoms with Crippen LogP contribution in [0.2, 0.25) is 0 Å². The van der Waals surface area contributed by atoms with Crippen molar-refractivity contribution in [3.05, 3.63) is 12.1 Å². The van der Waals surface area contributed by atoms with Gasteiger partial charge in [0.25, 0.3) is 0 Å². The van der Waals surface area contributed by atoms with E-state index in [0.717, 1.165) is 48.0 Å². The van der Waals surface area contributed by atoms with Gasteiger partial charge in [0, 0.05) is 19.5 Å². The number of aromatic nitrogens is 1. The number of morpholine rings is 1. The minimum absolute atomic E-state index is 0.0362. The van der Waals surface area contributed by atoms with Crippen LogP contribution in [0.3, 0.4) is 0 Å². The van der Waals surface area contributed by atoms with E-state index in [1.165, 1.54) is 11.3 Å². The molecular formula is C15H19N3O3S. The lowest BCUT2D eigenvalue weighted by Crippen LogP contribution is -2.36. The van der Waals surface area contributed by atoms with Gasteiger partial charge < -0.3 is 19.7 Å². The van der Waals surface area contributed by atoms with Gasteiger partial charge in [0.1, 0.15) is 11.3 Å². The summed E-state index contributed by atoms with van der Waals surface area (Å²) in [7, 11) is 1.63. The third kappa shape index (κ3) is 2.86. The van der Waals surface area contributed by atoms with Gasteiger partial charge in [0.15, 0.2) is 5.13 Å². The molecule has 118 valence electrons. The molecule has 0 bridgehead atoms. The summed E-state index contributed by atoms with van der Waals surface area (Å²) < 4.78 is 11.9. The monoisotopic (exact) mass is 321 g/mol. The second-order valence-corrected chi connectivity index (χ2v) is 5.98. The lowest BCUT2D eigenvalue weighted by atomic mass is 10.2. The molecule has 7 heteroatoms. The minimum atomic E-state index is -0.0362. The number of nitrogens with one attached hydrogen (secondary N) is 1. The van der Waals surface area contributed by atoms with Gasteiger partial charge in [0.05, 0.1) is 30.7 Å². The number of benzene rings is 1. The predicted octanol–water partition coefficient (Wildman–Crippen LogP) is 2.49. The number of carbonyl (C=O) groups is 1. The molecule has 0 unspecified atom stereocenters. The Labute approximate surface area is 133 Å². The zero-order chi connectivity index (χ0) is 15.5. The van der Waals surface area contributed by atoms with Crippen molar-refractivity contribution in [3.8, 4) is 5.75 Å². The van der Waals surface area contributed by atoms with Crippen LogP contribution in [0, 0.1) is 0 Å². The second kappa shape index (κ2) is 6.50. The molecule has 0 saturated carbocycles. The zero-order valence-corrected chi connectivity index (χ0v) is 13.5. The SMILES string of the molecule is CCC(=O)Nc1nc2c(OC)ccc(N3CCOCC3)c2s1. The van der Waals surface area contributed by atoms with Crippen molar-refractivity contribution in [3.63, 3.8) is 0 Å². The molecule has 0 atom stereocenters. The molecule has 1 aliphatic rings. The summed E-state index contributed by atoms with van der Waals surface area (Å²) in [6.07, 6.45) is 0.434. The first-order valence-corrected chi connectivity index (χ1v) is 8.14. The summed E-state index contributed by atoms with van der Waals surface area (Å²) in [4.78, 5) is 18.4. The van der Waals surface area contributed by atoms with E-state index in [1.807, 2.05) is 13.0 Å². The largest absolute Gasteiger partial charge is 0.494 e. The number of rotatable bonds is 4. The fourth-order valence-electron chi connectivity index (χ4n) is 2.45.